The fourth-order valence-corrected chi connectivity index (χ4v) is 2.97. The summed E-state index contributed by atoms with van der Waals surface area (Å²) in [6.07, 6.45) is 0.648. The Labute approximate surface area is 143 Å². The number of benzene rings is 1. The maximum Gasteiger partial charge on any atom is 0.261 e. The Hall–Kier alpha value is -2.54. The summed E-state index contributed by atoms with van der Waals surface area (Å²) in [4.78, 5) is 24.7. The minimum atomic E-state index is -0.207. The first-order chi connectivity index (χ1) is 11.8. The lowest BCUT2D eigenvalue weighted by atomic mass is 10.1. The molecule has 0 spiro atoms. The first kappa shape index (κ1) is 16.3. The largest absolute Gasteiger partial charge is 0.486 e. The molecular formula is C17H18N2O4S. The van der Waals surface area contributed by atoms with Gasteiger partial charge in [0.1, 0.15) is 13.2 Å². The van der Waals surface area contributed by atoms with Gasteiger partial charge in [0.2, 0.25) is 0 Å². The second-order valence-electron chi connectivity index (χ2n) is 5.17. The van der Waals surface area contributed by atoms with Crippen LogP contribution in [0.15, 0.2) is 35.7 Å². The van der Waals surface area contributed by atoms with Crippen molar-refractivity contribution in [2.24, 2.45) is 0 Å². The maximum atomic E-state index is 12.3. The molecule has 24 heavy (non-hydrogen) atoms. The molecule has 2 heterocycles. The normalized spacial score (nSPS) is 12.5. The number of nitrogens with one attached hydrogen (secondary N) is 2. The number of fused-ring (bicyclic) bond motifs is 1. The molecule has 0 atom stereocenters. The molecule has 0 radical (unpaired) electrons. The Kier molecular flexibility index (Phi) is 5.32. The fourth-order valence-electron chi connectivity index (χ4n) is 2.33. The van der Waals surface area contributed by atoms with E-state index in [-0.39, 0.29) is 11.8 Å². The van der Waals surface area contributed by atoms with Crippen molar-refractivity contribution in [3.63, 3.8) is 0 Å². The van der Waals surface area contributed by atoms with E-state index in [1.807, 2.05) is 11.4 Å². The predicted molar refractivity (Wildman–Crippen MR) is 91.0 cm³/mol. The van der Waals surface area contributed by atoms with Crippen LogP contribution in [0.4, 0.5) is 0 Å². The van der Waals surface area contributed by atoms with Gasteiger partial charge in [-0.15, -0.1) is 11.3 Å². The van der Waals surface area contributed by atoms with Gasteiger partial charge < -0.3 is 20.1 Å². The third kappa shape index (κ3) is 3.86. The number of ether oxygens (including phenoxy) is 2. The van der Waals surface area contributed by atoms with E-state index >= 15 is 0 Å². The number of amides is 2. The Morgan fingerprint density at radius 3 is 2.58 bits per heavy atom. The average molecular weight is 346 g/mol. The van der Waals surface area contributed by atoms with Crippen LogP contribution in [0.1, 0.15) is 26.5 Å². The zero-order valence-electron chi connectivity index (χ0n) is 13.0. The summed E-state index contributed by atoms with van der Waals surface area (Å²) in [6.45, 7) is 1.89. The van der Waals surface area contributed by atoms with Crippen LogP contribution in [0, 0.1) is 0 Å². The average Bonchev–Trinajstić information content (AvgIpc) is 3.15. The monoisotopic (exact) mass is 346 g/mol. The van der Waals surface area contributed by atoms with Gasteiger partial charge in [-0.05, 0) is 30.0 Å². The van der Waals surface area contributed by atoms with Gasteiger partial charge >= 0.3 is 0 Å². The minimum absolute atomic E-state index is 0.0843. The molecule has 0 fully saturated rings. The van der Waals surface area contributed by atoms with Gasteiger partial charge in [0.25, 0.3) is 11.8 Å². The van der Waals surface area contributed by atoms with Crippen LogP contribution >= 0.6 is 11.3 Å². The lowest BCUT2D eigenvalue weighted by molar-refractivity contribution is 0.0942. The molecular weight excluding hydrogens is 328 g/mol. The Morgan fingerprint density at radius 2 is 1.79 bits per heavy atom. The number of carbonyl (C=O) groups excluding carboxylic acids is 2. The van der Waals surface area contributed by atoms with Crippen LogP contribution in [0.3, 0.4) is 0 Å². The maximum absolute atomic E-state index is 12.3. The van der Waals surface area contributed by atoms with Crippen molar-refractivity contribution in [3.8, 4) is 11.5 Å². The van der Waals surface area contributed by atoms with E-state index in [1.54, 1.807) is 24.3 Å². The second kappa shape index (κ2) is 7.83. The van der Waals surface area contributed by atoms with Gasteiger partial charge in [0.15, 0.2) is 11.5 Å². The van der Waals surface area contributed by atoms with Gasteiger partial charge in [-0.25, -0.2) is 0 Å². The number of thiophene rings is 1. The first-order valence-electron chi connectivity index (χ1n) is 7.74. The van der Waals surface area contributed by atoms with Gasteiger partial charge in [-0.2, -0.15) is 0 Å². The van der Waals surface area contributed by atoms with Gasteiger partial charge in [0.05, 0.1) is 10.4 Å². The summed E-state index contributed by atoms with van der Waals surface area (Å²) in [6, 6.07) is 8.88. The zero-order chi connectivity index (χ0) is 16.8. The molecule has 0 bridgehead atoms. The predicted octanol–water partition coefficient (Wildman–Crippen LogP) is 2.07. The Balaban J connectivity index is 1.44. The molecule has 2 amide bonds. The van der Waals surface area contributed by atoms with Crippen molar-refractivity contribution in [3.05, 3.63) is 46.2 Å². The van der Waals surface area contributed by atoms with Crippen LogP contribution < -0.4 is 20.1 Å². The van der Waals surface area contributed by atoms with E-state index in [1.165, 1.54) is 11.3 Å². The third-order valence-corrected chi connectivity index (χ3v) is 4.35. The van der Waals surface area contributed by atoms with Crippen molar-refractivity contribution in [1.29, 1.82) is 0 Å². The van der Waals surface area contributed by atoms with Gasteiger partial charge in [-0.1, -0.05) is 12.1 Å². The molecule has 3 rings (SSSR count). The smallest absolute Gasteiger partial charge is 0.261 e. The number of carbonyl (C=O) groups is 2. The Bertz CT molecular complexity index is 715. The minimum Gasteiger partial charge on any atom is -0.486 e. The number of rotatable bonds is 6. The fraction of sp³-hybridized carbons (Fsp3) is 0.294. The molecule has 6 nitrogen and oxygen atoms in total. The molecule has 0 unspecified atom stereocenters. The highest BCUT2D eigenvalue weighted by Crippen LogP contribution is 2.33. The van der Waals surface area contributed by atoms with Gasteiger partial charge in [0, 0.05) is 13.1 Å². The summed E-state index contributed by atoms with van der Waals surface area (Å²) in [7, 11) is 0. The molecule has 1 aliphatic rings. The van der Waals surface area contributed by atoms with E-state index < -0.39 is 0 Å². The van der Waals surface area contributed by atoms with Crippen LogP contribution in [-0.2, 0) is 0 Å². The van der Waals surface area contributed by atoms with E-state index in [2.05, 4.69) is 10.6 Å². The van der Waals surface area contributed by atoms with Crippen LogP contribution in [0.5, 0.6) is 11.5 Å². The summed E-state index contributed by atoms with van der Waals surface area (Å²) in [5, 5.41) is 7.52. The molecule has 2 aromatic rings. The van der Waals surface area contributed by atoms with Crippen molar-refractivity contribution in [1.82, 2.24) is 10.6 Å². The summed E-state index contributed by atoms with van der Waals surface area (Å²) in [5.74, 6) is 0.797. The summed E-state index contributed by atoms with van der Waals surface area (Å²) in [5.41, 5.74) is 0.467. The molecule has 1 aliphatic heterocycles. The van der Waals surface area contributed by atoms with Crippen molar-refractivity contribution >= 4 is 23.2 Å². The highest BCUT2D eigenvalue weighted by molar-refractivity contribution is 7.12. The third-order valence-electron chi connectivity index (χ3n) is 3.48. The van der Waals surface area contributed by atoms with Gasteiger partial charge in [-0.3, -0.25) is 9.59 Å². The molecule has 1 aromatic heterocycles. The molecule has 0 saturated carbocycles. The quantitative estimate of drug-likeness (QED) is 0.785. The summed E-state index contributed by atoms with van der Waals surface area (Å²) < 4.78 is 11.0. The Morgan fingerprint density at radius 1 is 1.00 bits per heavy atom. The van der Waals surface area contributed by atoms with E-state index in [0.717, 1.165) is 0 Å². The standard InChI is InChI=1S/C17H18N2O4S/c20-16(12-4-1-5-13-15(12)23-10-9-22-13)18-7-3-8-19-17(21)14-6-2-11-24-14/h1-2,4-6,11H,3,7-10H2,(H,18,20)(H,19,21). The van der Waals surface area contributed by atoms with Crippen LogP contribution in [-0.4, -0.2) is 38.1 Å². The molecule has 0 aliphatic carbocycles. The van der Waals surface area contributed by atoms with Crippen molar-refractivity contribution in [2.75, 3.05) is 26.3 Å². The molecule has 126 valence electrons. The van der Waals surface area contributed by atoms with Crippen molar-refractivity contribution < 1.29 is 19.1 Å². The highest BCUT2D eigenvalue weighted by Gasteiger charge is 2.19. The molecule has 2 N–H and O–H groups in total. The van der Waals surface area contributed by atoms with Crippen LogP contribution in [0.2, 0.25) is 0 Å². The number of hydrogen-bond acceptors (Lipinski definition) is 5. The molecule has 1 aromatic carbocycles. The van der Waals surface area contributed by atoms with Crippen molar-refractivity contribution in [2.45, 2.75) is 6.42 Å². The van der Waals surface area contributed by atoms with E-state index in [0.29, 0.717) is 54.7 Å². The van der Waals surface area contributed by atoms with Crippen LogP contribution in [0.25, 0.3) is 0 Å². The van der Waals surface area contributed by atoms with E-state index in [9.17, 15) is 9.59 Å². The SMILES string of the molecule is O=C(NCCCNC(=O)c1cccc2c1OCCO2)c1cccs1. The lowest BCUT2D eigenvalue weighted by Gasteiger charge is -2.20. The number of para-hydroxylation sites is 1. The second-order valence-corrected chi connectivity index (χ2v) is 6.12. The zero-order valence-corrected chi connectivity index (χ0v) is 13.9. The number of hydrogen-bond donors (Lipinski definition) is 2. The molecule has 7 heteroatoms. The highest BCUT2D eigenvalue weighted by atomic mass is 32.1. The molecule has 0 saturated heterocycles. The summed E-state index contributed by atoms with van der Waals surface area (Å²) >= 11 is 1.40. The van der Waals surface area contributed by atoms with E-state index in [4.69, 9.17) is 9.47 Å². The topological polar surface area (TPSA) is 76.7 Å². The lowest BCUT2D eigenvalue weighted by Crippen LogP contribution is -2.30. The first-order valence-corrected chi connectivity index (χ1v) is 8.62.